The predicted molar refractivity (Wildman–Crippen MR) is 52.4 cm³/mol. The molecule has 14 heavy (non-hydrogen) atoms. The molecular formula is C11H19F2N. The van der Waals surface area contributed by atoms with Crippen LogP contribution in [0.3, 0.4) is 0 Å². The van der Waals surface area contributed by atoms with E-state index in [1.165, 1.54) is 25.7 Å². The van der Waals surface area contributed by atoms with Crippen molar-refractivity contribution in [2.24, 2.45) is 17.8 Å². The lowest BCUT2D eigenvalue weighted by molar-refractivity contribution is 0.0830. The zero-order chi connectivity index (χ0) is 10.1. The van der Waals surface area contributed by atoms with E-state index in [2.05, 4.69) is 5.32 Å². The van der Waals surface area contributed by atoms with Crippen molar-refractivity contribution in [3.8, 4) is 0 Å². The minimum absolute atomic E-state index is 0.570. The van der Waals surface area contributed by atoms with Crippen LogP contribution in [0.5, 0.6) is 0 Å². The molecule has 0 spiro atoms. The summed E-state index contributed by atoms with van der Waals surface area (Å²) in [6, 6.07) is -0.584. The maximum Gasteiger partial charge on any atom is 0.253 e. The summed E-state index contributed by atoms with van der Waals surface area (Å²) in [4.78, 5) is 0. The maximum absolute atomic E-state index is 12.5. The van der Waals surface area contributed by atoms with Gasteiger partial charge in [-0.1, -0.05) is 6.42 Å². The molecule has 0 aliphatic heterocycles. The second-order valence-corrected chi connectivity index (χ2v) is 4.90. The summed E-state index contributed by atoms with van der Waals surface area (Å²) in [6.45, 7) is 0. The Kier molecular flexibility index (Phi) is 3.05. The Bertz CT molecular complexity index is 196. The first-order valence-electron chi connectivity index (χ1n) is 5.66. The van der Waals surface area contributed by atoms with Gasteiger partial charge in [0.1, 0.15) is 0 Å². The molecule has 0 heterocycles. The van der Waals surface area contributed by atoms with Gasteiger partial charge in [-0.2, -0.15) is 0 Å². The summed E-state index contributed by atoms with van der Waals surface area (Å²) in [7, 11) is 1.64. The van der Waals surface area contributed by atoms with E-state index in [-0.39, 0.29) is 0 Å². The third-order valence-corrected chi connectivity index (χ3v) is 4.12. The van der Waals surface area contributed by atoms with E-state index in [0.29, 0.717) is 12.3 Å². The minimum Gasteiger partial charge on any atom is -0.312 e. The largest absolute Gasteiger partial charge is 0.312 e. The van der Waals surface area contributed by atoms with Crippen molar-refractivity contribution < 1.29 is 8.78 Å². The average molecular weight is 203 g/mol. The van der Waals surface area contributed by atoms with E-state index < -0.39 is 12.5 Å². The minimum atomic E-state index is -2.21. The van der Waals surface area contributed by atoms with Gasteiger partial charge < -0.3 is 5.32 Å². The lowest BCUT2D eigenvalue weighted by atomic mass is 9.84. The molecule has 2 aliphatic rings. The van der Waals surface area contributed by atoms with Crippen molar-refractivity contribution in [1.82, 2.24) is 5.32 Å². The van der Waals surface area contributed by atoms with E-state index in [1.807, 2.05) is 0 Å². The van der Waals surface area contributed by atoms with E-state index >= 15 is 0 Å². The fourth-order valence-corrected chi connectivity index (χ4v) is 3.34. The molecule has 4 unspecified atom stereocenters. The average Bonchev–Trinajstić information content (AvgIpc) is 2.74. The van der Waals surface area contributed by atoms with E-state index in [9.17, 15) is 8.78 Å². The summed E-state index contributed by atoms with van der Waals surface area (Å²) in [5.41, 5.74) is 0. The fraction of sp³-hybridized carbons (Fsp3) is 1.00. The Balaban J connectivity index is 1.85. The first-order chi connectivity index (χ1) is 6.70. The van der Waals surface area contributed by atoms with Gasteiger partial charge in [0, 0.05) is 0 Å². The van der Waals surface area contributed by atoms with Gasteiger partial charge >= 0.3 is 0 Å². The van der Waals surface area contributed by atoms with Crippen molar-refractivity contribution >= 4 is 0 Å². The number of fused-ring (bicyclic) bond motifs is 2. The SMILES string of the molecule is CNC(CC1CC2CCC1C2)C(F)F. The first-order valence-corrected chi connectivity index (χ1v) is 5.66. The topological polar surface area (TPSA) is 12.0 Å². The van der Waals surface area contributed by atoms with E-state index in [0.717, 1.165) is 11.8 Å². The molecule has 1 nitrogen and oxygen atoms in total. The number of halogens is 2. The summed E-state index contributed by atoms with van der Waals surface area (Å²) in [6.07, 6.45) is 3.61. The van der Waals surface area contributed by atoms with Gasteiger partial charge in [0.2, 0.25) is 0 Å². The number of hydrogen-bond acceptors (Lipinski definition) is 1. The third kappa shape index (κ3) is 1.92. The molecule has 0 saturated heterocycles. The molecule has 2 saturated carbocycles. The van der Waals surface area contributed by atoms with Crippen LogP contribution in [0.4, 0.5) is 8.78 Å². The van der Waals surface area contributed by atoms with E-state index in [1.54, 1.807) is 7.05 Å². The zero-order valence-electron chi connectivity index (χ0n) is 8.68. The predicted octanol–water partition coefficient (Wildman–Crippen LogP) is 2.67. The summed E-state index contributed by atoms with van der Waals surface area (Å²) >= 11 is 0. The normalized spacial score (nSPS) is 38.1. The standard InChI is InChI=1S/C11H19F2N/c1-14-10(11(12)13)6-9-5-7-2-3-8(9)4-7/h7-11,14H,2-6H2,1H3. The summed E-state index contributed by atoms with van der Waals surface area (Å²) in [5, 5.41) is 2.74. The Morgan fingerprint density at radius 3 is 2.50 bits per heavy atom. The first kappa shape index (κ1) is 10.3. The molecular weight excluding hydrogens is 184 g/mol. The quantitative estimate of drug-likeness (QED) is 0.740. The van der Waals surface area contributed by atoms with Crippen LogP contribution < -0.4 is 5.32 Å². The number of alkyl halides is 2. The number of nitrogens with one attached hydrogen (secondary N) is 1. The monoisotopic (exact) mass is 203 g/mol. The van der Waals surface area contributed by atoms with Crippen LogP contribution in [-0.4, -0.2) is 19.5 Å². The molecule has 0 aromatic rings. The van der Waals surface area contributed by atoms with Crippen molar-refractivity contribution in [3.05, 3.63) is 0 Å². The van der Waals surface area contributed by atoms with Crippen molar-refractivity contribution in [1.29, 1.82) is 0 Å². The molecule has 0 amide bonds. The lowest BCUT2D eigenvalue weighted by Gasteiger charge is -2.26. The van der Waals surface area contributed by atoms with Crippen LogP contribution >= 0.6 is 0 Å². The van der Waals surface area contributed by atoms with Crippen LogP contribution in [0, 0.1) is 17.8 Å². The second-order valence-electron chi connectivity index (χ2n) is 4.90. The molecule has 2 fully saturated rings. The van der Waals surface area contributed by atoms with Crippen LogP contribution in [-0.2, 0) is 0 Å². The van der Waals surface area contributed by atoms with Gasteiger partial charge in [0.25, 0.3) is 6.43 Å². The Labute approximate surface area is 84.3 Å². The molecule has 2 bridgehead atoms. The highest BCUT2D eigenvalue weighted by Gasteiger charge is 2.40. The summed E-state index contributed by atoms with van der Waals surface area (Å²) in [5.74, 6) is 2.19. The van der Waals surface area contributed by atoms with E-state index in [4.69, 9.17) is 0 Å². The van der Waals surface area contributed by atoms with Crippen LogP contribution in [0.2, 0.25) is 0 Å². The van der Waals surface area contributed by atoms with Gasteiger partial charge in [-0.3, -0.25) is 0 Å². The van der Waals surface area contributed by atoms with Gasteiger partial charge in [-0.25, -0.2) is 8.78 Å². The summed E-state index contributed by atoms with van der Waals surface area (Å²) < 4.78 is 25.1. The Morgan fingerprint density at radius 1 is 1.29 bits per heavy atom. The fourth-order valence-electron chi connectivity index (χ4n) is 3.34. The molecule has 0 aromatic heterocycles. The highest BCUT2D eigenvalue weighted by molar-refractivity contribution is 4.91. The van der Waals surface area contributed by atoms with Gasteiger partial charge in [-0.05, 0) is 50.5 Å². The molecule has 1 N–H and O–H groups in total. The van der Waals surface area contributed by atoms with Crippen molar-refractivity contribution in [3.63, 3.8) is 0 Å². The highest BCUT2D eigenvalue weighted by Crippen LogP contribution is 2.50. The molecule has 0 radical (unpaired) electrons. The maximum atomic E-state index is 12.5. The second kappa shape index (κ2) is 4.13. The number of rotatable bonds is 4. The van der Waals surface area contributed by atoms with Gasteiger partial charge in [-0.15, -0.1) is 0 Å². The van der Waals surface area contributed by atoms with Crippen LogP contribution in [0.1, 0.15) is 32.1 Å². The van der Waals surface area contributed by atoms with Gasteiger partial charge in [0.05, 0.1) is 6.04 Å². The highest BCUT2D eigenvalue weighted by atomic mass is 19.3. The van der Waals surface area contributed by atoms with Crippen LogP contribution in [0.25, 0.3) is 0 Å². The molecule has 3 heteroatoms. The third-order valence-electron chi connectivity index (χ3n) is 4.12. The van der Waals surface area contributed by atoms with Crippen molar-refractivity contribution in [2.45, 2.75) is 44.6 Å². The van der Waals surface area contributed by atoms with Crippen LogP contribution in [0.15, 0.2) is 0 Å². The van der Waals surface area contributed by atoms with Gasteiger partial charge in [0.15, 0.2) is 0 Å². The zero-order valence-corrected chi connectivity index (χ0v) is 8.68. The molecule has 2 rings (SSSR count). The smallest absolute Gasteiger partial charge is 0.253 e. The molecule has 2 aliphatic carbocycles. The molecule has 0 aromatic carbocycles. The van der Waals surface area contributed by atoms with Crippen molar-refractivity contribution in [2.75, 3.05) is 7.05 Å². The lowest BCUT2D eigenvalue weighted by Crippen LogP contribution is -2.35. The Morgan fingerprint density at radius 2 is 2.07 bits per heavy atom. The molecule has 82 valence electrons. The molecule has 4 atom stereocenters. The number of hydrogen-bond donors (Lipinski definition) is 1. The Hall–Kier alpha value is -0.180.